The van der Waals surface area contributed by atoms with Gasteiger partial charge in [-0.1, -0.05) is 31.9 Å². The number of aliphatic carboxylic acids is 1. The molecule has 0 unspecified atom stereocenters. The van der Waals surface area contributed by atoms with Gasteiger partial charge >= 0.3 is 5.97 Å². The van der Waals surface area contributed by atoms with Crippen LogP contribution in [0.1, 0.15) is 12.5 Å². The lowest BCUT2D eigenvalue weighted by Crippen LogP contribution is -2.23. The highest BCUT2D eigenvalue weighted by molar-refractivity contribution is 9.11. The van der Waals surface area contributed by atoms with E-state index >= 15 is 0 Å². The van der Waals surface area contributed by atoms with Crippen LogP contribution in [0.25, 0.3) is 6.08 Å². The van der Waals surface area contributed by atoms with Crippen LogP contribution in [0, 0.1) is 0 Å². The molecule has 0 aromatic heterocycles. The quantitative estimate of drug-likeness (QED) is 0.902. The molecule has 16 heavy (non-hydrogen) atoms. The molecule has 0 spiro atoms. The summed E-state index contributed by atoms with van der Waals surface area (Å²) in [5, 5.41) is 8.76. The fourth-order valence-corrected chi connectivity index (χ4v) is 1.73. The van der Waals surface area contributed by atoms with E-state index in [0.717, 1.165) is 10.0 Å². The van der Waals surface area contributed by atoms with Crippen LogP contribution in [0.4, 0.5) is 0 Å². The topological polar surface area (TPSA) is 46.5 Å². The predicted molar refractivity (Wildman–Crippen MR) is 69.8 cm³/mol. The molecule has 1 aromatic rings. The first-order valence-electron chi connectivity index (χ1n) is 4.50. The molecule has 5 heteroatoms. The van der Waals surface area contributed by atoms with Crippen LogP contribution in [0.2, 0.25) is 0 Å². The van der Waals surface area contributed by atoms with Crippen molar-refractivity contribution < 1.29 is 14.6 Å². The minimum absolute atomic E-state index is 0.536. The molecule has 0 saturated heterocycles. The van der Waals surface area contributed by atoms with Gasteiger partial charge in [-0.05, 0) is 36.2 Å². The van der Waals surface area contributed by atoms with Gasteiger partial charge in [-0.15, -0.1) is 0 Å². The molecule has 0 aliphatic carbocycles. The van der Waals surface area contributed by atoms with Gasteiger partial charge in [0.25, 0.3) is 0 Å². The third-order valence-corrected chi connectivity index (χ3v) is 2.62. The summed E-state index contributed by atoms with van der Waals surface area (Å²) in [6.07, 6.45) is 0.915. The average Bonchev–Trinajstić information content (AvgIpc) is 2.22. The Bertz CT molecular complexity index is 416. The van der Waals surface area contributed by atoms with E-state index in [9.17, 15) is 4.79 Å². The molecule has 1 aromatic carbocycles. The summed E-state index contributed by atoms with van der Waals surface area (Å²) in [7, 11) is 0. The second-order valence-corrected chi connectivity index (χ2v) is 4.52. The summed E-state index contributed by atoms with van der Waals surface area (Å²) >= 11 is 6.51. The zero-order valence-electron chi connectivity index (χ0n) is 8.48. The van der Waals surface area contributed by atoms with E-state index < -0.39 is 12.1 Å². The second kappa shape index (κ2) is 6.06. The van der Waals surface area contributed by atoms with E-state index in [2.05, 4.69) is 31.9 Å². The van der Waals surface area contributed by atoms with Crippen molar-refractivity contribution in [3.63, 3.8) is 0 Å². The van der Waals surface area contributed by atoms with Crippen molar-refractivity contribution in [3.8, 4) is 5.75 Å². The van der Waals surface area contributed by atoms with Crippen LogP contribution in [0.3, 0.4) is 0 Å². The first kappa shape index (κ1) is 13.3. The molecule has 0 aliphatic rings. The van der Waals surface area contributed by atoms with E-state index in [1.165, 1.54) is 6.92 Å². The highest BCUT2D eigenvalue weighted by Gasteiger charge is 2.14. The first-order valence-corrected chi connectivity index (χ1v) is 6.21. The highest BCUT2D eigenvalue weighted by atomic mass is 79.9. The van der Waals surface area contributed by atoms with Crippen LogP contribution in [0.5, 0.6) is 5.75 Å². The third-order valence-electron chi connectivity index (χ3n) is 1.87. The summed E-state index contributed by atoms with van der Waals surface area (Å²) in [6, 6.07) is 5.38. The van der Waals surface area contributed by atoms with Crippen molar-refractivity contribution >= 4 is 43.9 Å². The standard InChI is InChI=1S/C11H10Br2O3/c1-7(11(14)15)16-10-3-2-9(13)6-8(10)4-5-12/h2-7H,1H3,(H,14,15)/b5-4+/t7-/m0/s1. The number of carboxylic acids is 1. The molecule has 86 valence electrons. The minimum Gasteiger partial charge on any atom is -0.479 e. The summed E-state index contributed by atoms with van der Waals surface area (Å²) in [5.41, 5.74) is 0.805. The van der Waals surface area contributed by atoms with E-state index in [1.807, 2.05) is 6.07 Å². The SMILES string of the molecule is C[C@H](Oc1ccc(Br)cc1/C=C/Br)C(=O)O. The van der Waals surface area contributed by atoms with Crippen molar-refractivity contribution in [2.24, 2.45) is 0 Å². The third kappa shape index (κ3) is 3.64. The second-order valence-electron chi connectivity index (χ2n) is 3.07. The fourth-order valence-electron chi connectivity index (χ4n) is 1.07. The van der Waals surface area contributed by atoms with E-state index in [4.69, 9.17) is 9.84 Å². The van der Waals surface area contributed by atoms with Crippen molar-refractivity contribution in [1.82, 2.24) is 0 Å². The van der Waals surface area contributed by atoms with Crippen LogP contribution >= 0.6 is 31.9 Å². The zero-order chi connectivity index (χ0) is 12.1. The van der Waals surface area contributed by atoms with Crippen molar-refractivity contribution in [2.75, 3.05) is 0 Å². The summed E-state index contributed by atoms with van der Waals surface area (Å²) in [4.78, 5) is 12.4. The number of rotatable bonds is 4. The molecule has 0 fully saturated rings. The van der Waals surface area contributed by atoms with E-state index in [-0.39, 0.29) is 0 Å². The number of hydrogen-bond acceptors (Lipinski definition) is 2. The van der Waals surface area contributed by atoms with Crippen molar-refractivity contribution in [2.45, 2.75) is 13.0 Å². The Kier molecular flexibility index (Phi) is 5.02. The molecule has 0 amide bonds. The van der Waals surface area contributed by atoms with Gasteiger partial charge in [0.1, 0.15) is 5.75 Å². The molecule has 0 aliphatic heterocycles. The lowest BCUT2D eigenvalue weighted by molar-refractivity contribution is -0.144. The summed E-state index contributed by atoms with van der Waals surface area (Å²) in [6.45, 7) is 1.49. The molecule has 0 saturated carbocycles. The van der Waals surface area contributed by atoms with Gasteiger partial charge in [0.05, 0.1) is 0 Å². The molecular formula is C11H10Br2O3. The number of carboxylic acid groups (broad SMARTS) is 1. The maximum Gasteiger partial charge on any atom is 0.344 e. The van der Waals surface area contributed by atoms with Gasteiger partial charge in [0.2, 0.25) is 0 Å². The average molecular weight is 350 g/mol. The van der Waals surface area contributed by atoms with Crippen LogP contribution in [0.15, 0.2) is 27.7 Å². The molecule has 1 rings (SSSR count). The summed E-state index contributed by atoms with van der Waals surface area (Å²) < 4.78 is 6.23. The Morgan fingerprint density at radius 3 is 2.81 bits per heavy atom. The van der Waals surface area contributed by atoms with Gasteiger partial charge in [0, 0.05) is 10.0 Å². The van der Waals surface area contributed by atoms with Crippen LogP contribution in [-0.2, 0) is 4.79 Å². The normalized spacial score (nSPS) is 12.7. The van der Waals surface area contributed by atoms with Gasteiger partial charge in [-0.2, -0.15) is 0 Å². The van der Waals surface area contributed by atoms with Gasteiger partial charge in [-0.3, -0.25) is 0 Å². The summed E-state index contributed by atoms with van der Waals surface area (Å²) in [5.74, 6) is -0.453. The molecule has 0 heterocycles. The van der Waals surface area contributed by atoms with Crippen LogP contribution in [-0.4, -0.2) is 17.2 Å². The Morgan fingerprint density at radius 2 is 2.25 bits per heavy atom. The molecule has 1 N–H and O–H groups in total. The molecule has 0 bridgehead atoms. The fraction of sp³-hybridized carbons (Fsp3) is 0.182. The maximum absolute atomic E-state index is 10.7. The lowest BCUT2D eigenvalue weighted by atomic mass is 10.2. The van der Waals surface area contributed by atoms with Gasteiger partial charge in [-0.25, -0.2) is 4.79 Å². The van der Waals surface area contributed by atoms with E-state index in [1.54, 1.807) is 23.2 Å². The Hall–Kier alpha value is -0.810. The smallest absolute Gasteiger partial charge is 0.344 e. The lowest BCUT2D eigenvalue weighted by Gasteiger charge is -2.12. The largest absolute Gasteiger partial charge is 0.479 e. The number of hydrogen-bond donors (Lipinski definition) is 1. The first-order chi connectivity index (χ1) is 7.54. The molecule has 0 radical (unpaired) electrons. The number of carbonyl (C=O) groups is 1. The molecule has 3 nitrogen and oxygen atoms in total. The Balaban J connectivity index is 2.99. The molecular weight excluding hydrogens is 340 g/mol. The highest BCUT2D eigenvalue weighted by Crippen LogP contribution is 2.25. The van der Waals surface area contributed by atoms with Gasteiger partial charge < -0.3 is 9.84 Å². The number of benzene rings is 1. The monoisotopic (exact) mass is 348 g/mol. The minimum atomic E-state index is -0.989. The van der Waals surface area contributed by atoms with Gasteiger partial charge in [0.15, 0.2) is 6.10 Å². The van der Waals surface area contributed by atoms with Crippen molar-refractivity contribution in [1.29, 1.82) is 0 Å². The number of ether oxygens (including phenoxy) is 1. The molecule has 1 atom stereocenters. The van der Waals surface area contributed by atoms with Crippen molar-refractivity contribution in [3.05, 3.63) is 33.2 Å². The Morgan fingerprint density at radius 1 is 1.56 bits per heavy atom. The van der Waals surface area contributed by atoms with Crippen LogP contribution < -0.4 is 4.74 Å². The number of halogens is 2. The zero-order valence-corrected chi connectivity index (χ0v) is 11.7. The van der Waals surface area contributed by atoms with E-state index in [0.29, 0.717) is 5.75 Å². The Labute approximate surface area is 110 Å². The predicted octanol–water partition coefficient (Wildman–Crippen LogP) is 3.67. The maximum atomic E-state index is 10.7.